The van der Waals surface area contributed by atoms with E-state index in [1.54, 1.807) is 23.1 Å². The van der Waals surface area contributed by atoms with Gasteiger partial charge in [0.25, 0.3) is 0 Å². The molecule has 0 saturated heterocycles. The van der Waals surface area contributed by atoms with E-state index in [-0.39, 0.29) is 29.9 Å². The lowest BCUT2D eigenvalue weighted by Gasteiger charge is -2.31. The van der Waals surface area contributed by atoms with Crippen LogP contribution in [0.5, 0.6) is 0 Å². The number of hydrogen-bond acceptors (Lipinski definition) is 3. The minimum atomic E-state index is -0.666. The summed E-state index contributed by atoms with van der Waals surface area (Å²) < 4.78 is 13.2. The van der Waals surface area contributed by atoms with Gasteiger partial charge in [0.2, 0.25) is 11.8 Å². The number of carbonyl (C=O) groups excluding carboxylic acids is 2. The minimum Gasteiger partial charge on any atom is -0.355 e. The molecule has 3 rings (SSSR count). The van der Waals surface area contributed by atoms with Gasteiger partial charge in [-0.15, -0.1) is 11.8 Å². The van der Waals surface area contributed by atoms with Crippen LogP contribution in [-0.2, 0) is 28.3 Å². The second kappa shape index (κ2) is 13.2. The largest absolute Gasteiger partial charge is 0.355 e. The van der Waals surface area contributed by atoms with Crippen LogP contribution in [0.2, 0.25) is 5.02 Å². The number of halogens is 2. The third-order valence-electron chi connectivity index (χ3n) is 5.27. The number of benzene rings is 3. The van der Waals surface area contributed by atoms with Gasteiger partial charge in [0.1, 0.15) is 11.9 Å². The molecule has 178 valence electrons. The molecule has 0 aliphatic heterocycles. The first-order chi connectivity index (χ1) is 16.5. The second-order valence-corrected chi connectivity index (χ2v) is 9.29. The van der Waals surface area contributed by atoms with Crippen molar-refractivity contribution in [2.24, 2.45) is 0 Å². The molecule has 0 saturated carbocycles. The zero-order valence-electron chi connectivity index (χ0n) is 19.0. The van der Waals surface area contributed by atoms with Crippen molar-refractivity contribution in [3.05, 3.63) is 106 Å². The van der Waals surface area contributed by atoms with E-state index in [2.05, 4.69) is 5.32 Å². The maximum atomic E-state index is 13.4. The SMILES string of the molecule is CCNC(=O)[C@H](Cc1ccccc1)N(Cc1cccc(Cl)c1)C(=O)CSCc1ccc(F)cc1. The van der Waals surface area contributed by atoms with Crippen LogP contribution in [0.15, 0.2) is 78.9 Å². The molecule has 1 N–H and O–H groups in total. The molecular formula is C27H28ClFN2O2S. The minimum absolute atomic E-state index is 0.140. The van der Waals surface area contributed by atoms with Crippen LogP contribution in [0.4, 0.5) is 4.39 Å². The topological polar surface area (TPSA) is 49.4 Å². The molecule has 0 bridgehead atoms. The summed E-state index contributed by atoms with van der Waals surface area (Å²) in [5, 5.41) is 3.46. The van der Waals surface area contributed by atoms with Gasteiger partial charge >= 0.3 is 0 Å². The van der Waals surface area contributed by atoms with E-state index in [4.69, 9.17) is 11.6 Å². The summed E-state index contributed by atoms with van der Waals surface area (Å²) in [5.74, 6) is 0.150. The molecule has 0 radical (unpaired) electrons. The van der Waals surface area contributed by atoms with Crippen molar-refractivity contribution in [3.63, 3.8) is 0 Å². The first kappa shape index (κ1) is 25.8. The van der Waals surface area contributed by atoms with Crippen molar-refractivity contribution in [2.45, 2.75) is 31.7 Å². The summed E-state index contributed by atoms with van der Waals surface area (Å²) >= 11 is 7.62. The molecule has 0 unspecified atom stereocenters. The summed E-state index contributed by atoms with van der Waals surface area (Å²) in [4.78, 5) is 28.2. The van der Waals surface area contributed by atoms with Crippen molar-refractivity contribution in [1.82, 2.24) is 10.2 Å². The fourth-order valence-electron chi connectivity index (χ4n) is 3.60. The van der Waals surface area contributed by atoms with Crippen LogP contribution in [-0.4, -0.2) is 35.1 Å². The maximum absolute atomic E-state index is 13.4. The number of rotatable bonds is 11. The number of carbonyl (C=O) groups is 2. The van der Waals surface area contributed by atoms with E-state index in [1.807, 2.05) is 55.5 Å². The van der Waals surface area contributed by atoms with E-state index in [0.717, 1.165) is 16.7 Å². The molecule has 34 heavy (non-hydrogen) atoms. The highest BCUT2D eigenvalue weighted by molar-refractivity contribution is 7.99. The molecule has 0 aliphatic rings. The molecule has 1 atom stereocenters. The van der Waals surface area contributed by atoms with Crippen LogP contribution in [0.3, 0.4) is 0 Å². The van der Waals surface area contributed by atoms with Gasteiger partial charge in [-0.2, -0.15) is 0 Å². The van der Waals surface area contributed by atoms with E-state index in [0.29, 0.717) is 23.7 Å². The molecule has 0 aliphatic carbocycles. The average molecular weight is 499 g/mol. The monoisotopic (exact) mass is 498 g/mol. The molecule has 3 aromatic carbocycles. The molecular weight excluding hydrogens is 471 g/mol. The maximum Gasteiger partial charge on any atom is 0.243 e. The predicted octanol–water partition coefficient (Wildman–Crippen LogP) is 5.49. The standard InChI is InChI=1S/C27H28ClFN2O2S/c1-2-30-27(33)25(16-20-7-4-3-5-8-20)31(17-22-9-6-10-23(28)15-22)26(32)19-34-18-21-11-13-24(29)14-12-21/h3-15,25H,2,16-19H2,1H3,(H,30,33)/t25-/m0/s1. The Morgan fingerprint density at radius 3 is 2.35 bits per heavy atom. The first-order valence-electron chi connectivity index (χ1n) is 11.1. The van der Waals surface area contributed by atoms with Gasteiger partial charge in [0, 0.05) is 30.3 Å². The Hall–Kier alpha value is -2.83. The van der Waals surface area contributed by atoms with Crippen molar-refractivity contribution < 1.29 is 14.0 Å². The Kier molecular flexibility index (Phi) is 9.98. The summed E-state index contributed by atoms with van der Waals surface area (Å²) in [7, 11) is 0. The zero-order chi connectivity index (χ0) is 24.3. The quantitative estimate of drug-likeness (QED) is 0.380. The Balaban J connectivity index is 1.81. The molecule has 4 nitrogen and oxygen atoms in total. The lowest BCUT2D eigenvalue weighted by Crippen LogP contribution is -2.51. The van der Waals surface area contributed by atoms with Gasteiger partial charge in [0.15, 0.2) is 0 Å². The van der Waals surface area contributed by atoms with E-state index in [9.17, 15) is 14.0 Å². The fraction of sp³-hybridized carbons (Fsp3) is 0.259. The first-order valence-corrected chi connectivity index (χ1v) is 12.7. The van der Waals surface area contributed by atoms with Crippen LogP contribution < -0.4 is 5.32 Å². The van der Waals surface area contributed by atoms with Gasteiger partial charge in [0.05, 0.1) is 5.75 Å². The number of nitrogens with zero attached hydrogens (tertiary/aromatic N) is 1. The van der Waals surface area contributed by atoms with Gasteiger partial charge < -0.3 is 10.2 Å². The smallest absolute Gasteiger partial charge is 0.243 e. The van der Waals surface area contributed by atoms with Crippen molar-refractivity contribution in [3.8, 4) is 0 Å². The van der Waals surface area contributed by atoms with Crippen molar-refractivity contribution in [2.75, 3.05) is 12.3 Å². The number of likely N-dealkylation sites (N-methyl/N-ethyl adjacent to an activating group) is 1. The van der Waals surface area contributed by atoms with Crippen molar-refractivity contribution in [1.29, 1.82) is 0 Å². The van der Waals surface area contributed by atoms with Crippen LogP contribution in [0.1, 0.15) is 23.6 Å². The predicted molar refractivity (Wildman–Crippen MR) is 137 cm³/mol. The molecule has 0 aromatic heterocycles. The Labute approximate surface area is 209 Å². The Morgan fingerprint density at radius 2 is 1.68 bits per heavy atom. The third-order valence-corrected chi connectivity index (χ3v) is 6.50. The molecule has 0 fully saturated rings. The Morgan fingerprint density at radius 1 is 0.971 bits per heavy atom. The number of thioether (sulfide) groups is 1. The number of amides is 2. The highest BCUT2D eigenvalue weighted by Gasteiger charge is 2.30. The molecule has 3 aromatic rings. The summed E-state index contributed by atoms with van der Waals surface area (Å²) in [5.41, 5.74) is 2.76. The molecule has 7 heteroatoms. The van der Waals surface area contributed by atoms with Crippen LogP contribution in [0, 0.1) is 5.82 Å². The number of nitrogens with one attached hydrogen (secondary N) is 1. The summed E-state index contributed by atoms with van der Waals surface area (Å²) in [6.07, 6.45) is 0.404. The molecule has 2 amide bonds. The van der Waals surface area contributed by atoms with Crippen molar-refractivity contribution >= 4 is 35.2 Å². The van der Waals surface area contributed by atoms with E-state index >= 15 is 0 Å². The highest BCUT2D eigenvalue weighted by atomic mass is 35.5. The van der Waals surface area contributed by atoms with E-state index in [1.165, 1.54) is 23.9 Å². The average Bonchev–Trinajstić information content (AvgIpc) is 2.83. The highest BCUT2D eigenvalue weighted by Crippen LogP contribution is 2.20. The second-order valence-electron chi connectivity index (χ2n) is 7.87. The van der Waals surface area contributed by atoms with Crippen LogP contribution >= 0.6 is 23.4 Å². The lowest BCUT2D eigenvalue weighted by atomic mass is 10.0. The van der Waals surface area contributed by atoms with Gasteiger partial charge in [-0.25, -0.2) is 4.39 Å². The fourth-order valence-corrected chi connectivity index (χ4v) is 4.68. The van der Waals surface area contributed by atoms with Gasteiger partial charge in [-0.1, -0.05) is 66.2 Å². The zero-order valence-corrected chi connectivity index (χ0v) is 20.6. The lowest BCUT2D eigenvalue weighted by molar-refractivity contribution is -0.139. The third kappa shape index (κ3) is 7.89. The summed E-state index contributed by atoms with van der Waals surface area (Å²) in [6.45, 7) is 2.60. The summed E-state index contributed by atoms with van der Waals surface area (Å²) in [6, 6.07) is 22.6. The number of hydrogen-bond donors (Lipinski definition) is 1. The van der Waals surface area contributed by atoms with Gasteiger partial charge in [-0.05, 0) is 47.9 Å². The van der Waals surface area contributed by atoms with Gasteiger partial charge in [-0.3, -0.25) is 9.59 Å². The molecule has 0 heterocycles. The molecule has 0 spiro atoms. The van der Waals surface area contributed by atoms with E-state index < -0.39 is 6.04 Å². The Bertz CT molecular complexity index is 1080. The van der Waals surface area contributed by atoms with Crippen LogP contribution in [0.25, 0.3) is 0 Å². The normalized spacial score (nSPS) is 11.6.